The lowest BCUT2D eigenvalue weighted by molar-refractivity contribution is -0.127. The van der Waals surface area contributed by atoms with Gasteiger partial charge in [-0.05, 0) is 43.5 Å². The molecule has 1 fully saturated rings. The maximum atomic E-state index is 12.9. The van der Waals surface area contributed by atoms with Crippen LogP contribution in [0, 0.1) is 0 Å². The number of hydrogen-bond donors (Lipinski definition) is 3. The summed E-state index contributed by atoms with van der Waals surface area (Å²) in [7, 11) is 0. The Bertz CT molecular complexity index is 978. The Hall–Kier alpha value is -2.64. The Kier molecular flexibility index (Phi) is 4.95. The zero-order chi connectivity index (χ0) is 19.7. The van der Waals surface area contributed by atoms with Gasteiger partial charge in [0.25, 0.3) is 0 Å². The van der Waals surface area contributed by atoms with E-state index in [1.54, 1.807) is 6.33 Å². The van der Waals surface area contributed by atoms with E-state index in [4.69, 9.17) is 17.3 Å². The molecular formula is C20H23ClN6O. The topological polar surface area (TPSA) is 99.9 Å². The van der Waals surface area contributed by atoms with E-state index in [-0.39, 0.29) is 11.9 Å². The van der Waals surface area contributed by atoms with Crippen molar-refractivity contribution in [3.63, 3.8) is 0 Å². The van der Waals surface area contributed by atoms with E-state index in [9.17, 15) is 4.79 Å². The Labute approximate surface area is 168 Å². The number of aromatic nitrogens is 3. The first-order chi connectivity index (χ1) is 13.5. The second-order valence-electron chi connectivity index (χ2n) is 7.33. The first-order valence-corrected chi connectivity index (χ1v) is 9.72. The summed E-state index contributed by atoms with van der Waals surface area (Å²) < 4.78 is 0. The summed E-state index contributed by atoms with van der Waals surface area (Å²) in [5.74, 6) is 0.757. The number of rotatable bonds is 4. The average Bonchev–Trinajstić information content (AvgIpc) is 3.18. The largest absolute Gasteiger partial charge is 0.356 e. The third kappa shape index (κ3) is 3.55. The number of carbonyl (C=O) groups is 1. The summed E-state index contributed by atoms with van der Waals surface area (Å²) in [4.78, 5) is 26.8. The monoisotopic (exact) mass is 398 g/mol. The van der Waals surface area contributed by atoms with Crippen LogP contribution in [0.1, 0.15) is 31.4 Å². The van der Waals surface area contributed by atoms with Gasteiger partial charge in [-0.1, -0.05) is 23.7 Å². The molecule has 1 amide bonds. The molecule has 4 N–H and O–H groups in total. The number of nitrogens with one attached hydrogen (secondary N) is 2. The van der Waals surface area contributed by atoms with Gasteiger partial charge < -0.3 is 20.9 Å². The third-order valence-electron chi connectivity index (χ3n) is 5.46. The van der Waals surface area contributed by atoms with Crippen LogP contribution in [0.3, 0.4) is 0 Å². The van der Waals surface area contributed by atoms with Gasteiger partial charge in [-0.15, -0.1) is 0 Å². The van der Waals surface area contributed by atoms with Crippen LogP contribution in [-0.2, 0) is 4.79 Å². The first-order valence-electron chi connectivity index (χ1n) is 9.35. The molecule has 1 saturated heterocycles. The molecule has 1 atom stereocenters. The number of nitrogens with zero attached hydrogens (tertiary/aromatic N) is 3. The minimum absolute atomic E-state index is 0.121. The highest BCUT2D eigenvalue weighted by Gasteiger charge is 2.38. The number of hydrogen-bond acceptors (Lipinski definition) is 5. The highest BCUT2D eigenvalue weighted by Crippen LogP contribution is 2.28. The second-order valence-corrected chi connectivity index (χ2v) is 7.76. The fraction of sp³-hybridized carbons (Fsp3) is 0.350. The Morgan fingerprint density at radius 2 is 1.96 bits per heavy atom. The van der Waals surface area contributed by atoms with E-state index >= 15 is 0 Å². The molecular weight excluding hydrogens is 376 g/mol. The number of nitrogens with two attached hydrogens (primary N) is 1. The number of amides is 1. The molecule has 0 aliphatic carbocycles. The summed E-state index contributed by atoms with van der Waals surface area (Å²) >= 11 is 5.94. The highest BCUT2D eigenvalue weighted by molar-refractivity contribution is 6.30. The van der Waals surface area contributed by atoms with Crippen LogP contribution < -0.4 is 16.0 Å². The standard InChI is InChI=1S/C20H23ClN6O/c1-13(14-2-4-15(21)5-3-14)26-19(28)20(22)7-10-27(11-8-20)18-16-6-9-23-17(16)24-12-25-18/h2-6,9,12-13H,7-8,10-11,22H2,1H3,(H,26,28)(H,23,24,25). The van der Waals surface area contributed by atoms with Crippen molar-refractivity contribution >= 4 is 34.4 Å². The zero-order valence-electron chi connectivity index (χ0n) is 15.7. The number of carbonyl (C=O) groups excluding carboxylic acids is 1. The molecule has 4 rings (SSSR count). The first kappa shape index (κ1) is 18.7. The zero-order valence-corrected chi connectivity index (χ0v) is 16.4. The van der Waals surface area contributed by atoms with Crippen molar-refractivity contribution in [3.05, 3.63) is 53.4 Å². The molecule has 146 valence electrons. The number of aromatic amines is 1. The van der Waals surface area contributed by atoms with Crippen LogP contribution in [0.4, 0.5) is 5.82 Å². The summed E-state index contributed by atoms with van der Waals surface area (Å²) in [6, 6.07) is 9.30. The van der Waals surface area contributed by atoms with Crippen molar-refractivity contribution in [1.29, 1.82) is 0 Å². The molecule has 3 aromatic rings. The van der Waals surface area contributed by atoms with Crippen molar-refractivity contribution in [3.8, 4) is 0 Å². The van der Waals surface area contributed by atoms with Gasteiger partial charge in [-0.3, -0.25) is 4.79 Å². The SMILES string of the molecule is CC(NC(=O)C1(N)CCN(c2ncnc3[nH]ccc23)CC1)c1ccc(Cl)cc1. The van der Waals surface area contributed by atoms with Gasteiger partial charge in [-0.25, -0.2) is 9.97 Å². The van der Waals surface area contributed by atoms with E-state index in [1.165, 1.54) is 0 Å². The molecule has 1 unspecified atom stereocenters. The molecule has 7 nitrogen and oxygen atoms in total. The normalized spacial score (nSPS) is 17.5. The molecule has 0 spiro atoms. The van der Waals surface area contributed by atoms with E-state index in [1.807, 2.05) is 43.5 Å². The number of halogens is 1. The molecule has 8 heteroatoms. The lowest BCUT2D eigenvalue weighted by atomic mass is 9.87. The van der Waals surface area contributed by atoms with Crippen molar-refractivity contribution in [2.24, 2.45) is 5.73 Å². The van der Waals surface area contributed by atoms with Crippen molar-refractivity contribution in [2.75, 3.05) is 18.0 Å². The van der Waals surface area contributed by atoms with Crippen LogP contribution in [-0.4, -0.2) is 39.5 Å². The van der Waals surface area contributed by atoms with Crippen molar-refractivity contribution in [1.82, 2.24) is 20.3 Å². The molecule has 28 heavy (non-hydrogen) atoms. The fourth-order valence-corrected chi connectivity index (χ4v) is 3.76. The molecule has 1 aliphatic rings. The van der Waals surface area contributed by atoms with Crippen molar-refractivity contribution in [2.45, 2.75) is 31.3 Å². The highest BCUT2D eigenvalue weighted by atomic mass is 35.5. The lowest BCUT2D eigenvalue weighted by Gasteiger charge is -2.39. The van der Waals surface area contributed by atoms with E-state index in [2.05, 4.69) is 25.2 Å². The van der Waals surface area contributed by atoms with Gasteiger partial charge in [0, 0.05) is 24.3 Å². The molecule has 0 bridgehead atoms. The second kappa shape index (κ2) is 7.41. The minimum atomic E-state index is -0.887. The molecule has 1 aromatic carbocycles. The van der Waals surface area contributed by atoms with Gasteiger partial charge in [-0.2, -0.15) is 0 Å². The molecule has 1 aliphatic heterocycles. The van der Waals surface area contributed by atoms with Crippen LogP contribution >= 0.6 is 11.6 Å². The maximum absolute atomic E-state index is 12.9. The van der Waals surface area contributed by atoms with Gasteiger partial charge in [0.1, 0.15) is 17.8 Å². The van der Waals surface area contributed by atoms with E-state index in [0.717, 1.165) is 22.4 Å². The summed E-state index contributed by atoms with van der Waals surface area (Å²) in [5.41, 5.74) is 7.40. The number of H-pyrrole nitrogens is 1. The number of piperidine rings is 1. The predicted molar refractivity (Wildman–Crippen MR) is 110 cm³/mol. The average molecular weight is 399 g/mol. The lowest BCUT2D eigenvalue weighted by Crippen LogP contribution is -2.60. The van der Waals surface area contributed by atoms with Crippen molar-refractivity contribution < 1.29 is 4.79 Å². The number of fused-ring (bicyclic) bond motifs is 1. The maximum Gasteiger partial charge on any atom is 0.240 e. The fourth-order valence-electron chi connectivity index (χ4n) is 3.63. The third-order valence-corrected chi connectivity index (χ3v) is 5.71. The molecule has 0 radical (unpaired) electrons. The summed E-state index contributed by atoms with van der Waals surface area (Å²) in [6.07, 6.45) is 4.52. The van der Waals surface area contributed by atoms with Gasteiger partial charge in [0.2, 0.25) is 5.91 Å². The smallest absolute Gasteiger partial charge is 0.240 e. The number of benzene rings is 1. The van der Waals surface area contributed by atoms with E-state index in [0.29, 0.717) is 31.0 Å². The summed E-state index contributed by atoms with van der Waals surface area (Å²) in [5, 5.41) is 4.70. The predicted octanol–water partition coefficient (Wildman–Crippen LogP) is 2.79. The Morgan fingerprint density at radius 1 is 1.25 bits per heavy atom. The van der Waals surface area contributed by atoms with Gasteiger partial charge in [0.15, 0.2) is 0 Å². The molecule has 3 heterocycles. The van der Waals surface area contributed by atoms with Gasteiger partial charge >= 0.3 is 0 Å². The molecule has 0 saturated carbocycles. The van der Waals surface area contributed by atoms with Gasteiger partial charge in [0.05, 0.1) is 17.0 Å². The van der Waals surface area contributed by atoms with Crippen LogP contribution in [0.5, 0.6) is 0 Å². The summed E-state index contributed by atoms with van der Waals surface area (Å²) in [6.45, 7) is 3.27. The Morgan fingerprint density at radius 3 is 2.68 bits per heavy atom. The van der Waals surface area contributed by atoms with Crippen LogP contribution in [0.25, 0.3) is 11.0 Å². The number of anilines is 1. The quantitative estimate of drug-likeness (QED) is 0.627. The Balaban J connectivity index is 1.42. The molecule has 2 aromatic heterocycles. The minimum Gasteiger partial charge on any atom is -0.356 e. The van der Waals surface area contributed by atoms with Crippen LogP contribution in [0.2, 0.25) is 5.02 Å². The van der Waals surface area contributed by atoms with Crippen LogP contribution in [0.15, 0.2) is 42.9 Å². The van der Waals surface area contributed by atoms with E-state index < -0.39 is 5.54 Å².